The number of aromatic nitrogens is 1. The van der Waals surface area contributed by atoms with Crippen molar-refractivity contribution in [2.24, 2.45) is 0 Å². The van der Waals surface area contributed by atoms with E-state index in [0.29, 0.717) is 10.2 Å². The summed E-state index contributed by atoms with van der Waals surface area (Å²) in [7, 11) is 0. The molecule has 0 aromatic carbocycles. The molecule has 0 aliphatic rings. The fourth-order valence-electron chi connectivity index (χ4n) is 0.984. The largest absolute Gasteiger partial charge is 0.397 e. The van der Waals surface area contributed by atoms with Crippen LogP contribution in [0.15, 0.2) is 10.7 Å². The molecule has 4 nitrogen and oxygen atoms in total. The Morgan fingerprint density at radius 3 is 2.81 bits per heavy atom. The Bertz CT molecular complexity index is 387. The first-order valence-electron chi connectivity index (χ1n) is 4.50. The highest BCUT2D eigenvalue weighted by molar-refractivity contribution is 9.10. The highest BCUT2D eigenvalue weighted by atomic mass is 79.9. The van der Waals surface area contributed by atoms with Gasteiger partial charge in [0, 0.05) is 0 Å². The van der Waals surface area contributed by atoms with E-state index in [4.69, 9.17) is 10.8 Å². The van der Waals surface area contributed by atoms with Crippen LogP contribution >= 0.6 is 15.9 Å². The van der Waals surface area contributed by atoms with Crippen LogP contribution in [0.5, 0.6) is 0 Å². The summed E-state index contributed by atoms with van der Waals surface area (Å²) in [5.74, 6) is -2.89. The first kappa shape index (κ1) is 13.1. The molecule has 0 aliphatic heterocycles. The zero-order valence-corrected chi connectivity index (χ0v) is 10.2. The predicted molar refractivity (Wildman–Crippen MR) is 61.6 cm³/mol. The van der Waals surface area contributed by atoms with Crippen LogP contribution in [0.1, 0.15) is 5.56 Å². The summed E-state index contributed by atoms with van der Waals surface area (Å²) in [4.78, 5) is 3.88. The summed E-state index contributed by atoms with van der Waals surface area (Å²) in [6, 6.07) is 0. The van der Waals surface area contributed by atoms with Gasteiger partial charge in [0.05, 0.1) is 22.9 Å². The van der Waals surface area contributed by atoms with E-state index in [1.807, 2.05) is 0 Å². The van der Waals surface area contributed by atoms with E-state index in [9.17, 15) is 8.78 Å². The highest BCUT2D eigenvalue weighted by Crippen LogP contribution is 2.28. The van der Waals surface area contributed by atoms with Crippen LogP contribution in [-0.2, 0) is 0 Å². The van der Waals surface area contributed by atoms with Gasteiger partial charge in [0.25, 0.3) is 5.92 Å². The molecule has 0 bridgehead atoms. The van der Waals surface area contributed by atoms with Gasteiger partial charge in [0.1, 0.15) is 12.4 Å². The minimum Gasteiger partial charge on any atom is -0.397 e. The molecule has 0 fully saturated rings. The van der Waals surface area contributed by atoms with Crippen molar-refractivity contribution in [3.63, 3.8) is 0 Å². The van der Waals surface area contributed by atoms with Gasteiger partial charge < -0.3 is 16.2 Å². The highest BCUT2D eigenvalue weighted by Gasteiger charge is 2.27. The molecule has 16 heavy (non-hydrogen) atoms. The summed E-state index contributed by atoms with van der Waals surface area (Å²) >= 11 is 3.21. The van der Waals surface area contributed by atoms with Crippen molar-refractivity contribution in [3.8, 4) is 0 Å². The van der Waals surface area contributed by atoms with Gasteiger partial charge in [-0.2, -0.15) is 0 Å². The Morgan fingerprint density at radius 1 is 1.62 bits per heavy atom. The number of hydrogen-bond donors (Lipinski definition) is 3. The van der Waals surface area contributed by atoms with E-state index in [2.05, 4.69) is 26.2 Å². The number of nitrogens with zero attached hydrogens (tertiary/aromatic N) is 1. The average molecular weight is 296 g/mol. The van der Waals surface area contributed by atoms with E-state index < -0.39 is 19.1 Å². The average Bonchev–Trinajstić information content (AvgIpc) is 2.25. The van der Waals surface area contributed by atoms with E-state index >= 15 is 0 Å². The molecule has 0 radical (unpaired) electrons. The molecule has 1 heterocycles. The lowest BCUT2D eigenvalue weighted by atomic mass is 10.2. The number of halogens is 3. The molecule has 0 saturated heterocycles. The van der Waals surface area contributed by atoms with E-state index in [-0.39, 0.29) is 5.82 Å². The molecule has 0 unspecified atom stereocenters. The van der Waals surface area contributed by atoms with Gasteiger partial charge in [-0.1, -0.05) is 0 Å². The number of alkyl halides is 2. The SMILES string of the molecule is Cc1c(N)cnc(NCC(F)(F)CO)c1Br. The first-order valence-corrected chi connectivity index (χ1v) is 5.30. The minimum absolute atomic E-state index is 0.278. The van der Waals surface area contributed by atoms with Crippen molar-refractivity contribution in [2.45, 2.75) is 12.8 Å². The number of rotatable bonds is 4. The zero-order chi connectivity index (χ0) is 12.3. The molecule has 0 spiro atoms. The molecular weight excluding hydrogens is 284 g/mol. The van der Waals surface area contributed by atoms with Crippen LogP contribution in [0, 0.1) is 6.92 Å². The van der Waals surface area contributed by atoms with Crippen LogP contribution in [0.3, 0.4) is 0 Å². The molecule has 7 heteroatoms. The third-order valence-electron chi connectivity index (χ3n) is 2.05. The van der Waals surface area contributed by atoms with Gasteiger partial charge in [0.2, 0.25) is 0 Å². The second-order valence-corrected chi connectivity index (χ2v) is 4.16. The number of aliphatic hydroxyl groups excluding tert-OH is 1. The second kappa shape index (κ2) is 4.92. The van der Waals surface area contributed by atoms with Gasteiger partial charge in [-0.3, -0.25) is 0 Å². The maximum absolute atomic E-state index is 12.8. The molecule has 0 amide bonds. The van der Waals surface area contributed by atoms with Crippen molar-refractivity contribution >= 4 is 27.4 Å². The Morgan fingerprint density at radius 2 is 2.25 bits per heavy atom. The monoisotopic (exact) mass is 295 g/mol. The quantitative estimate of drug-likeness (QED) is 0.792. The van der Waals surface area contributed by atoms with Crippen LogP contribution < -0.4 is 11.1 Å². The normalized spacial score (nSPS) is 11.6. The molecule has 1 aromatic heterocycles. The fraction of sp³-hybridized carbons (Fsp3) is 0.444. The first-order chi connectivity index (χ1) is 7.37. The van der Waals surface area contributed by atoms with Crippen molar-refractivity contribution in [3.05, 3.63) is 16.2 Å². The van der Waals surface area contributed by atoms with Crippen LogP contribution in [0.4, 0.5) is 20.3 Å². The molecular formula is C9H12BrF2N3O. The van der Waals surface area contributed by atoms with Crippen LogP contribution in [0.2, 0.25) is 0 Å². The van der Waals surface area contributed by atoms with Gasteiger partial charge in [-0.05, 0) is 28.4 Å². The molecule has 0 aliphatic carbocycles. The Balaban J connectivity index is 2.80. The summed E-state index contributed by atoms with van der Waals surface area (Å²) in [6.07, 6.45) is 1.39. The molecule has 0 saturated carbocycles. The molecule has 1 rings (SSSR count). The molecule has 4 N–H and O–H groups in total. The lowest BCUT2D eigenvalue weighted by Gasteiger charge is -2.16. The van der Waals surface area contributed by atoms with Gasteiger partial charge >= 0.3 is 0 Å². The van der Waals surface area contributed by atoms with Crippen LogP contribution in [0.25, 0.3) is 0 Å². The number of hydrogen-bond acceptors (Lipinski definition) is 4. The van der Waals surface area contributed by atoms with E-state index in [1.54, 1.807) is 6.92 Å². The summed E-state index contributed by atoms with van der Waals surface area (Å²) in [6.45, 7) is -0.138. The maximum atomic E-state index is 12.8. The molecule has 1 aromatic rings. The summed E-state index contributed by atoms with van der Waals surface area (Å²) < 4.78 is 26.1. The summed E-state index contributed by atoms with van der Waals surface area (Å²) in [5, 5.41) is 10.8. The number of aliphatic hydroxyl groups is 1. The predicted octanol–water partition coefficient (Wildman–Crippen LogP) is 1.77. The van der Waals surface area contributed by atoms with Crippen LogP contribution in [-0.4, -0.2) is 29.2 Å². The van der Waals surface area contributed by atoms with E-state index in [1.165, 1.54) is 6.20 Å². The van der Waals surface area contributed by atoms with Gasteiger partial charge in [-0.15, -0.1) is 0 Å². The maximum Gasteiger partial charge on any atom is 0.287 e. The molecule has 0 atom stereocenters. The van der Waals surface area contributed by atoms with E-state index in [0.717, 1.165) is 5.56 Å². The topological polar surface area (TPSA) is 71.2 Å². The smallest absolute Gasteiger partial charge is 0.287 e. The Hall–Kier alpha value is -0.950. The lowest BCUT2D eigenvalue weighted by Crippen LogP contribution is -2.31. The number of nitrogens with two attached hydrogens (primary N) is 1. The third-order valence-corrected chi connectivity index (χ3v) is 3.02. The number of nitrogen functional groups attached to an aromatic ring is 1. The number of anilines is 2. The van der Waals surface area contributed by atoms with Crippen molar-refractivity contribution in [2.75, 3.05) is 24.2 Å². The number of nitrogens with one attached hydrogen (secondary N) is 1. The Kier molecular flexibility index (Phi) is 4.03. The molecule has 90 valence electrons. The zero-order valence-electron chi connectivity index (χ0n) is 8.60. The third kappa shape index (κ3) is 3.02. The summed E-state index contributed by atoms with van der Waals surface area (Å²) in [5.41, 5.74) is 6.79. The minimum atomic E-state index is -3.17. The van der Waals surface area contributed by atoms with Crippen molar-refractivity contribution in [1.29, 1.82) is 0 Å². The standard InChI is InChI=1S/C9H12BrF2N3O/c1-5-6(13)2-14-8(7(5)10)15-3-9(11,12)4-16/h2,16H,3-4,13H2,1H3,(H,14,15). The van der Waals surface area contributed by atoms with Gasteiger partial charge in [0.15, 0.2) is 0 Å². The number of pyridine rings is 1. The van der Waals surface area contributed by atoms with Crippen molar-refractivity contribution < 1.29 is 13.9 Å². The Labute approximate surface area is 100.0 Å². The lowest BCUT2D eigenvalue weighted by molar-refractivity contribution is -0.0373. The van der Waals surface area contributed by atoms with Crippen molar-refractivity contribution in [1.82, 2.24) is 4.98 Å². The van der Waals surface area contributed by atoms with Gasteiger partial charge in [-0.25, -0.2) is 13.8 Å². The fourth-order valence-corrected chi connectivity index (χ4v) is 1.46. The second-order valence-electron chi connectivity index (χ2n) is 3.37.